The molecule has 0 saturated heterocycles. The number of nitrogens with zero attached hydrogens (tertiary/aromatic N) is 2. The van der Waals surface area contributed by atoms with Crippen LogP contribution in [0.25, 0.3) is 22.3 Å². The van der Waals surface area contributed by atoms with E-state index in [0.29, 0.717) is 18.6 Å². The molecule has 6 nitrogen and oxygen atoms in total. The van der Waals surface area contributed by atoms with E-state index in [1.807, 2.05) is 4.90 Å². The van der Waals surface area contributed by atoms with Crippen LogP contribution in [0.1, 0.15) is 64.1 Å². The summed E-state index contributed by atoms with van der Waals surface area (Å²) in [7, 11) is 1.69. The highest BCUT2D eigenvalue weighted by Crippen LogP contribution is 2.38. The lowest BCUT2D eigenvalue weighted by atomic mass is 9.76. The van der Waals surface area contributed by atoms with Crippen molar-refractivity contribution < 1.29 is 9.53 Å². The number of fused-ring (bicyclic) bond motifs is 2. The number of rotatable bonds is 6. The Hall–Kier alpha value is -2.86. The fraction of sp³-hybridized carbons (Fsp3) is 0.517. The lowest BCUT2D eigenvalue weighted by Gasteiger charge is -2.30. The molecular formula is C29H38N4O2. The number of benzene rings is 1. The number of methoxy groups -OCH3 is 1. The van der Waals surface area contributed by atoms with E-state index in [9.17, 15) is 4.79 Å². The van der Waals surface area contributed by atoms with Gasteiger partial charge in [-0.25, -0.2) is 0 Å². The number of nitrogens with one attached hydrogen (secondary N) is 2. The number of hydrogen-bond donors (Lipinski definition) is 2. The minimum Gasteiger partial charge on any atom is -0.383 e. The van der Waals surface area contributed by atoms with Gasteiger partial charge in [-0.15, -0.1) is 0 Å². The number of ether oxygens (including phenoxy) is 1. The van der Waals surface area contributed by atoms with Gasteiger partial charge in [-0.1, -0.05) is 31.6 Å². The van der Waals surface area contributed by atoms with E-state index in [2.05, 4.69) is 66.3 Å². The molecular weight excluding hydrogens is 436 g/mol. The number of aromatic amines is 2. The maximum Gasteiger partial charge on any atom is 0.230 e. The smallest absolute Gasteiger partial charge is 0.230 e. The van der Waals surface area contributed by atoms with Crippen molar-refractivity contribution >= 4 is 22.5 Å². The maximum absolute atomic E-state index is 13.6. The largest absolute Gasteiger partial charge is 0.383 e. The summed E-state index contributed by atoms with van der Waals surface area (Å²) in [5, 5.41) is 9.11. The van der Waals surface area contributed by atoms with E-state index in [1.54, 1.807) is 7.11 Å². The van der Waals surface area contributed by atoms with Crippen LogP contribution in [0.4, 0.5) is 5.69 Å². The van der Waals surface area contributed by atoms with Gasteiger partial charge < -0.3 is 14.6 Å². The number of anilines is 1. The fourth-order valence-electron chi connectivity index (χ4n) is 5.77. The quantitative estimate of drug-likeness (QED) is 0.418. The van der Waals surface area contributed by atoms with Gasteiger partial charge in [-0.2, -0.15) is 5.10 Å². The van der Waals surface area contributed by atoms with E-state index in [0.717, 1.165) is 66.5 Å². The maximum atomic E-state index is 13.6. The molecule has 35 heavy (non-hydrogen) atoms. The van der Waals surface area contributed by atoms with Crippen LogP contribution in [0.3, 0.4) is 0 Å². The molecule has 2 heterocycles. The monoisotopic (exact) mass is 474 g/mol. The first-order chi connectivity index (χ1) is 16.9. The Morgan fingerprint density at radius 2 is 2.03 bits per heavy atom. The first kappa shape index (κ1) is 23.9. The van der Waals surface area contributed by atoms with Crippen molar-refractivity contribution in [3.63, 3.8) is 0 Å². The summed E-state index contributed by atoms with van der Waals surface area (Å²) >= 11 is 0. The molecule has 0 atom stereocenters. The molecule has 1 amide bonds. The summed E-state index contributed by atoms with van der Waals surface area (Å²) in [4.78, 5) is 19.1. The van der Waals surface area contributed by atoms with Gasteiger partial charge >= 0.3 is 0 Å². The first-order valence-electron chi connectivity index (χ1n) is 13.0. The molecule has 0 bridgehead atoms. The van der Waals surface area contributed by atoms with E-state index >= 15 is 0 Å². The topological polar surface area (TPSA) is 74.0 Å². The van der Waals surface area contributed by atoms with Gasteiger partial charge in [-0.3, -0.25) is 9.89 Å². The molecule has 3 aromatic rings. The van der Waals surface area contributed by atoms with Crippen LogP contribution in [0.15, 0.2) is 35.9 Å². The summed E-state index contributed by atoms with van der Waals surface area (Å²) in [6, 6.07) is 8.46. The van der Waals surface area contributed by atoms with Gasteiger partial charge in [0.2, 0.25) is 5.91 Å². The third-order valence-electron chi connectivity index (χ3n) is 8.00. The zero-order valence-electron chi connectivity index (χ0n) is 21.5. The van der Waals surface area contributed by atoms with Gasteiger partial charge in [0.25, 0.3) is 0 Å². The minimum atomic E-state index is 0.0743. The lowest BCUT2D eigenvalue weighted by molar-refractivity contribution is -0.123. The Morgan fingerprint density at radius 3 is 2.77 bits per heavy atom. The molecule has 2 N–H and O–H groups in total. The van der Waals surface area contributed by atoms with Gasteiger partial charge in [0, 0.05) is 47.4 Å². The Bertz CT molecular complexity index is 1240. The van der Waals surface area contributed by atoms with Crippen LogP contribution in [0, 0.1) is 11.3 Å². The molecule has 6 heteroatoms. The molecule has 186 valence electrons. The van der Waals surface area contributed by atoms with Crippen molar-refractivity contribution in [2.24, 2.45) is 11.3 Å². The molecule has 0 aliphatic heterocycles. The second-order valence-corrected chi connectivity index (χ2v) is 11.0. The molecule has 1 saturated carbocycles. The number of carbonyl (C=O) groups is 1. The van der Waals surface area contributed by atoms with Crippen molar-refractivity contribution in [1.29, 1.82) is 0 Å². The zero-order valence-corrected chi connectivity index (χ0v) is 21.5. The van der Waals surface area contributed by atoms with Crippen molar-refractivity contribution in [3.8, 4) is 11.4 Å². The van der Waals surface area contributed by atoms with E-state index in [1.165, 1.54) is 23.3 Å². The average Bonchev–Trinajstić information content (AvgIpc) is 3.46. The molecule has 2 aromatic heterocycles. The number of hydrogen-bond acceptors (Lipinski definition) is 3. The molecule has 0 unspecified atom stereocenters. The highest BCUT2D eigenvalue weighted by molar-refractivity contribution is 5.98. The third kappa shape index (κ3) is 4.81. The van der Waals surface area contributed by atoms with Gasteiger partial charge in [0.15, 0.2) is 0 Å². The Morgan fingerprint density at radius 1 is 1.23 bits per heavy atom. The first-order valence-corrected chi connectivity index (χ1v) is 13.0. The van der Waals surface area contributed by atoms with Crippen molar-refractivity contribution in [2.75, 3.05) is 25.2 Å². The highest BCUT2D eigenvalue weighted by atomic mass is 16.5. The van der Waals surface area contributed by atoms with Gasteiger partial charge in [0.05, 0.1) is 12.3 Å². The molecule has 5 rings (SSSR count). The number of carbonyl (C=O) groups excluding carboxylic acids is 1. The number of H-pyrrole nitrogens is 2. The molecule has 2 aliphatic carbocycles. The van der Waals surface area contributed by atoms with Gasteiger partial charge in [-0.05, 0) is 75.5 Å². The molecule has 0 spiro atoms. The normalized spacial score (nSPS) is 19.5. The predicted octanol–water partition coefficient (Wildman–Crippen LogP) is 6.19. The Kier molecular flexibility index (Phi) is 6.58. The Labute approximate surface area is 208 Å². The summed E-state index contributed by atoms with van der Waals surface area (Å²) in [6.45, 7) is 7.82. The van der Waals surface area contributed by atoms with Crippen LogP contribution in [-0.4, -0.2) is 41.3 Å². The second-order valence-electron chi connectivity index (χ2n) is 11.0. The lowest BCUT2D eigenvalue weighted by Crippen LogP contribution is -2.39. The number of amides is 1. The summed E-state index contributed by atoms with van der Waals surface area (Å²) in [6.07, 6.45) is 9.36. The molecule has 0 radical (unpaired) electrons. The zero-order chi connectivity index (χ0) is 24.6. The minimum absolute atomic E-state index is 0.0743. The number of aromatic nitrogens is 3. The number of allylic oxidation sites excluding steroid dienone is 2. The molecule has 1 fully saturated rings. The average molecular weight is 475 g/mol. The van der Waals surface area contributed by atoms with Gasteiger partial charge in [0.1, 0.15) is 5.69 Å². The summed E-state index contributed by atoms with van der Waals surface area (Å²) < 4.78 is 5.35. The van der Waals surface area contributed by atoms with E-state index < -0.39 is 0 Å². The fourth-order valence-corrected chi connectivity index (χ4v) is 5.77. The van der Waals surface area contributed by atoms with Crippen LogP contribution >= 0.6 is 0 Å². The standard InChI is InChI=1S/C29H38N4O2/c1-5-19-6-8-20(9-7-19)28(34)33(14-15-35-4)22-11-10-21-16-25(30-24(21)17-22)27-23-12-13-29(2,3)18-26(23)31-32-27/h5,10-11,16-17,20,30H,6-9,12-15,18H2,1-4H3,(H,31,32). The summed E-state index contributed by atoms with van der Waals surface area (Å²) in [5.74, 6) is 0.289. The van der Waals surface area contributed by atoms with Crippen LogP contribution in [-0.2, 0) is 22.4 Å². The SMILES string of the molecule is CC=C1CCC(C(=O)N(CCOC)c2ccc3cc(-c4n[nH]c5c4CCC(C)(C)C5)[nH]c3c2)CC1. The van der Waals surface area contributed by atoms with E-state index in [4.69, 9.17) is 4.74 Å². The van der Waals surface area contributed by atoms with E-state index in [-0.39, 0.29) is 11.8 Å². The van der Waals surface area contributed by atoms with Crippen LogP contribution < -0.4 is 4.90 Å². The van der Waals surface area contributed by atoms with Crippen molar-refractivity contribution in [1.82, 2.24) is 15.2 Å². The Balaban J connectivity index is 1.42. The van der Waals surface area contributed by atoms with Crippen LogP contribution in [0.5, 0.6) is 0 Å². The summed E-state index contributed by atoms with van der Waals surface area (Å²) in [5.41, 5.74) is 8.42. The van der Waals surface area contributed by atoms with Crippen LogP contribution in [0.2, 0.25) is 0 Å². The second kappa shape index (κ2) is 9.65. The van der Waals surface area contributed by atoms with Crippen molar-refractivity contribution in [2.45, 2.75) is 65.7 Å². The molecule has 2 aliphatic rings. The molecule has 1 aromatic carbocycles. The van der Waals surface area contributed by atoms with Crippen molar-refractivity contribution in [3.05, 3.63) is 47.2 Å². The highest BCUT2D eigenvalue weighted by Gasteiger charge is 2.30. The third-order valence-corrected chi connectivity index (χ3v) is 8.00. The predicted molar refractivity (Wildman–Crippen MR) is 142 cm³/mol.